The van der Waals surface area contributed by atoms with Crippen LogP contribution in [-0.4, -0.2) is 13.2 Å². The number of ether oxygens (including phenoxy) is 1. The summed E-state index contributed by atoms with van der Waals surface area (Å²) in [5, 5.41) is 3.61. The zero-order valence-electron chi connectivity index (χ0n) is 9.63. The van der Waals surface area contributed by atoms with Crippen LogP contribution in [0, 0.1) is 0 Å². The molecule has 0 amide bonds. The Labute approximate surface area is 106 Å². The summed E-state index contributed by atoms with van der Waals surface area (Å²) in [5.41, 5.74) is 1.30. The maximum atomic E-state index is 5.18. The lowest BCUT2D eigenvalue weighted by Gasteiger charge is -2.13. The van der Waals surface area contributed by atoms with Crippen molar-refractivity contribution in [3.8, 4) is 5.75 Å². The van der Waals surface area contributed by atoms with Crippen molar-refractivity contribution in [1.29, 1.82) is 0 Å². The third-order valence-corrected chi connectivity index (χ3v) is 3.93. The van der Waals surface area contributed by atoms with E-state index in [4.69, 9.17) is 4.74 Å². The second kappa shape index (κ2) is 5.69. The summed E-state index contributed by atoms with van der Waals surface area (Å²) in [6.45, 7) is 0.940. The maximum Gasteiger partial charge on any atom is 0.120 e. The lowest BCUT2D eigenvalue weighted by Crippen LogP contribution is -2.25. The smallest absolute Gasteiger partial charge is 0.120 e. The summed E-state index contributed by atoms with van der Waals surface area (Å²) < 4.78 is 6.30. The van der Waals surface area contributed by atoms with Gasteiger partial charge in [-0.25, -0.2) is 0 Å². The van der Waals surface area contributed by atoms with Crippen molar-refractivity contribution in [3.05, 3.63) is 28.2 Å². The van der Waals surface area contributed by atoms with E-state index >= 15 is 0 Å². The third kappa shape index (κ3) is 2.98. The molecule has 0 saturated heterocycles. The number of hydrogen-bond acceptors (Lipinski definition) is 2. The fraction of sp³-hybridized carbons (Fsp3) is 0.538. The number of hydrogen-bond donors (Lipinski definition) is 1. The standard InChI is InChI=1S/C13H18BrNO/c1-16-12-7-6-10(13(14)8-12)9-15-11-4-2-3-5-11/h6-8,11,15H,2-5,9H2,1H3. The molecule has 1 aliphatic rings. The first-order chi connectivity index (χ1) is 7.79. The van der Waals surface area contributed by atoms with Crippen LogP contribution in [0.4, 0.5) is 0 Å². The highest BCUT2D eigenvalue weighted by atomic mass is 79.9. The van der Waals surface area contributed by atoms with E-state index in [1.165, 1.54) is 31.2 Å². The molecule has 88 valence electrons. The average Bonchev–Trinajstić information content (AvgIpc) is 2.80. The SMILES string of the molecule is COc1ccc(CNC2CCCC2)c(Br)c1. The van der Waals surface area contributed by atoms with Crippen LogP contribution in [0.25, 0.3) is 0 Å². The molecule has 0 bridgehead atoms. The highest BCUT2D eigenvalue weighted by molar-refractivity contribution is 9.10. The molecule has 0 radical (unpaired) electrons. The van der Waals surface area contributed by atoms with Crippen molar-refractivity contribution in [2.75, 3.05) is 7.11 Å². The van der Waals surface area contributed by atoms with Gasteiger partial charge in [0.25, 0.3) is 0 Å². The molecule has 0 atom stereocenters. The van der Waals surface area contributed by atoms with Gasteiger partial charge in [-0.3, -0.25) is 0 Å². The Morgan fingerprint density at radius 3 is 2.75 bits per heavy atom. The number of methoxy groups -OCH3 is 1. The second-order valence-corrected chi connectivity index (χ2v) is 5.17. The molecule has 1 aromatic rings. The van der Waals surface area contributed by atoms with E-state index < -0.39 is 0 Å². The summed E-state index contributed by atoms with van der Waals surface area (Å²) in [5.74, 6) is 0.900. The van der Waals surface area contributed by atoms with E-state index in [9.17, 15) is 0 Å². The van der Waals surface area contributed by atoms with Crippen LogP contribution in [-0.2, 0) is 6.54 Å². The zero-order valence-corrected chi connectivity index (χ0v) is 11.2. The molecule has 1 aliphatic carbocycles. The van der Waals surface area contributed by atoms with Crippen molar-refractivity contribution < 1.29 is 4.74 Å². The Balaban J connectivity index is 1.93. The van der Waals surface area contributed by atoms with Crippen LogP contribution in [0.15, 0.2) is 22.7 Å². The van der Waals surface area contributed by atoms with Crippen LogP contribution in [0.3, 0.4) is 0 Å². The van der Waals surface area contributed by atoms with Crippen LogP contribution < -0.4 is 10.1 Å². The van der Waals surface area contributed by atoms with Crippen molar-refractivity contribution >= 4 is 15.9 Å². The molecule has 0 aromatic heterocycles. The van der Waals surface area contributed by atoms with Gasteiger partial charge in [0.05, 0.1) is 7.11 Å². The highest BCUT2D eigenvalue weighted by Gasteiger charge is 2.14. The minimum absolute atomic E-state index is 0.717. The van der Waals surface area contributed by atoms with Gasteiger partial charge in [0.2, 0.25) is 0 Å². The monoisotopic (exact) mass is 283 g/mol. The Morgan fingerprint density at radius 2 is 2.12 bits per heavy atom. The zero-order chi connectivity index (χ0) is 11.4. The van der Waals surface area contributed by atoms with Crippen LogP contribution in [0.2, 0.25) is 0 Å². The molecule has 16 heavy (non-hydrogen) atoms. The van der Waals surface area contributed by atoms with Gasteiger partial charge >= 0.3 is 0 Å². The van der Waals surface area contributed by atoms with Gasteiger partial charge in [-0.1, -0.05) is 34.8 Å². The highest BCUT2D eigenvalue weighted by Crippen LogP contribution is 2.24. The second-order valence-electron chi connectivity index (χ2n) is 4.32. The Morgan fingerprint density at radius 1 is 1.38 bits per heavy atom. The van der Waals surface area contributed by atoms with Crippen LogP contribution >= 0.6 is 15.9 Å². The third-order valence-electron chi connectivity index (χ3n) is 3.20. The van der Waals surface area contributed by atoms with Crippen molar-refractivity contribution in [2.24, 2.45) is 0 Å². The first-order valence-electron chi connectivity index (χ1n) is 5.85. The van der Waals surface area contributed by atoms with Gasteiger partial charge in [0.15, 0.2) is 0 Å². The molecule has 0 aliphatic heterocycles. The van der Waals surface area contributed by atoms with Gasteiger partial charge in [0, 0.05) is 17.1 Å². The van der Waals surface area contributed by atoms with E-state index in [1.54, 1.807) is 7.11 Å². The van der Waals surface area contributed by atoms with Crippen LogP contribution in [0.1, 0.15) is 31.2 Å². The number of halogens is 1. The van der Waals surface area contributed by atoms with E-state index in [0.29, 0.717) is 6.04 Å². The molecule has 1 N–H and O–H groups in total. The predicted molar refractivity (Wildman–Crippen MR) is 69.8 cm³/mol. The Kier molecular flexibility index (Phi) is 4.24. The molecule has 2 rings (SSSR count). The minimum atomic E-state index is 0.717. The molecule has 0 spiro atoms. The topological polar surface area (TPSA) is 21.3 Å². The summed E-state index contributed by atoms with van der Waals surface area (Å²) in [7, 11) is 1.69. The number of nitrogens with one attached hydrogen (secondary N) is 1. The lowest BCUT2D eigenvalue weighted by atomic mass is 10.2. The number of benzene rings is 1. The minimum Gasteiger partial charge on any atom is -0.497 e. The molecule has 3 heteroatoms. The van der Waals surface area contributed by atoms with Crippen molar-refractivity contribution in [1.82, 2.24) is 5.32 Å². The summed E-state index contributed by atoms with van der Waals surface area (Å²) in [6.07, 6.45) is 5.41. The first-order valence-corrected chi connectivity index (χ1v) is 6.64. The predicted octanol–water partition coefficient (Wildman–Crippen LogP) is 3.49. The summed E-state index contributed by atoms with van der Waals surface area (Å²) in [4.78, 5) is 0. The molecule has 0 unspecified atom stereocenters. The van der Waals surface area contributed by atoms with Crippen molar-refractivity contribution in [2.45, 2.75) is 38.3 Å². The molecule has 2 nitrogen and oxygen atoms in total. The van der Waals surface area contributed by atoms with Crippen molar-refractivity contribution in [3.63, 3.8) is 0 Å². The first kappa shape index (κ1) is 11.9. The molecule has 1 fully saturated rings. The van der Waals surface area contributed by atoms with Gasteiger partial charge in [-0.2, -0.15) is 0 Å². The van der Waals surface area contributed by atoms with Gasteiger partial charge in [-0.05, 0) is 30.5 Å². The van der Waals surface area contributed by atoms with Crippen LogP contribution in [0.5, 0.6) is 5.75 Å². The fourth-order valence-corrected chi connectivity index (χ4v) is 2.68. The normalized spacial score (nSPS) is 16.6. The molecule has 0 heterocycles. The lowest BCUT2D eigenvalue weighted by molar-refractivity contribution is 0.414. The number of rotatable bonds is 4. The van der Waals surface area contributed by atoms with E-state index in [1.807, 2.05) is 12.1 Å². The van der Waals surface area contributed by atoms with E-state index in [-0.39, 0.29) is 0 Å². The van der Waals surface area contributed by atoms with Gasteiger partial charge in [0.1, 0.15) is 5.75 Å². The average molecular weight is 284 g/mol. The molecular formula is C13H18BrNO. The Bertz CT molecular complexity index is 348. The molecular weight excluding hydrogens is 266 g/mol. The largest absolute Gasteiger partial charge is 0.497 e. The summed E-state index contributed by atoms with van der Waals surface area (Å²) >= 11 is 3.58. The maximum absolute atomic E-state index is 5.18. The van der Waals surface area contributed by atoms with Gasteiger partial charge < -0.3 is 10.1 Å². The molecule has 1 aromatic carbocycles. The quantitative estimate of drug-likeness (QED) is 0.913. The molecule has 1 saturated carbocycles. The van der Waals surface area contributed by atoms with E-state index in [0.717, 1.165) is 16.8 Å². The van der Waals surface area contributed by atoms with Gasteiger partial charge in [-0.15, -0.1) is 0 Å². The fourth-order valence-electron chi connectivity index (χ4n) is 2.18. The van der Waals surface area contributed by atoms with E-state index in [2.05, 4.69) is 27.3 Å². The summed E-state index contributed by atoms with van der Waals surface area (Å²) in [6, 6.07) is 6.86. The Hall–Kier alpha value is -0.540.